The van der Waals surface area contributed by atoms with Crippen LogP contribution in [0.15, 0.2) is 66.1 Å². The molecule has 1 aliphatic rings. The Kier molecular flexibility index (Phi) is 8.69. The molecule has 188 valence electrons. The first kappa shape index (κ1) is 26.4. The summed E-state index contributed by atoms with van der Waals surface area (Å²) in [6.07, 6.45) is 1.83. The first-order valence-electron chi connectivity index (χ1n) is 11.6. The van der Waals surface area contributed by atoms with Crippen LogP contribution in [0, 0.1) is 11.8 Å². The molecule has 2 aromatic rings. The second-order valence-corrected chi connectivity index (χ2v) is 10.8. The van der Waals surface area contributed by atoms with Gasteiger partial charge in [0.1, 0.15) is 5.75 Å². The van der Waals surface area contributed by atoms with Crippen molar-refractivity contribution in [2.45, 2.75) is 31.2 Å². The number of amides is 2. The third kappa shape index (κ3) is 6.29. The minimum atomic E-state index is -3.73. The maximum atomic E-state index is 13.2. The Morgan fingerprint density at radius 2 is 1.71 bits per heavy atom. The van der Waals surface area contributed by atoms with Gasteiger partial charge in [-0.05, 0) is 60.2 Å². The van der Waals surface area contributed by atoms with E-state index in [0.717, 1.165) is 11.3 Å². The van der Waals surface area contributed by atoms with Crippen molar-refractivity contribution in [1.29, 1.82) is 0 Å². The number of piperidine rings is 1. The van der Waals surface area contributed by atoms with E-state index in [1.165, 1.54) is 34.6 Å². The number of carbonyl (C=O) groups excluding carboxylic acids is 2. The van der Waals surface area contributed by atoms with Crippen LogP contribution >= 0.6 is 0 Å². The lowest BCUT2D eigenvalue weighted by atomic mass is 9.87. The Hall–Kier alpha value is -3.17. The van der Waals surface area contributed by atoms with Crippen molar-refractivity contribution < 1.29 is 22.7 Å². The maximum Gasteiger partial charge on any atom is 0.251 e. The number of carbonyl (C=O) groups is 2. The van der Waals surface area contributed by atoms with E-state index in [2.05, 4.69) is 17.2 Å². The SMILES string of the molecule is C=CC(=O)NC1C(C)CN(S(=O)(=O)c2ccc(C(=O)NCCc3ccccc3OC)cc2)CC1C. The fourth-order valence-electron chi connectivity index (χ4n) is 4.46. The molecule has 1 fully saturated rings. The van der Waals surface area contributed by atoms with Crippen molar-refractivity contribution in [3.63, 3.8) is 0 Å². The van der Waals surface area contributed by atoms with E-state index in [1.54, 1.807) is 7.11 Å². The molecule has 8 nitrogen and oxygen atoms in total. The largest absolute Gasteiger partial charge is 0.496 e. The van der Waals surface area contributed by atoms with E-state index >= 15 is 0 Å². The number of hydrogen-bond donors (Lipinski definition) is 2. The number of benzene rings is 2. The molecule has 2 atom stereocenters. The van der Waals surface area contributed by atoms with Crippen molar-refractivity contribution in [3.8, 4) is 5.75 Å². The normalized spacial score (nSPS) is 20.6. The van der Waals surface area contributed by atoms with Gasteiger partial charge in [-0.2, -0.15) is 4.31 Å². The van der Waals surface area contributed by atoms with Crippen LogP contribution in [0.2, 0.25) is 0 Å². The van der Waals surface area contributed by atoms with Crippen LogP contribution in [0.1, 0.15) is 29.8 Å². The monoisotopic (exact) mass is 499 g/mol. The minimum Gasteiger partial charge on any atom is -0.496 e. The smallest absolute Gasteiger partial charge is 0.251 e. The topological polar surface area (TPSA) is 105 Å². The predicted octanol–water partition coefficient (Wildman–Crippen LogP) is 2.62. The molecule has 0 aliphatic carbocycles. The summed E-state index contributed by atoms with van der Waals surface area (Å²) in [6, 6.07) is 13.5. The predicted molar refractivity (Wildman–Crippen MR) is 135 cm³/mol. The van der Waals surface area contributed by atoms with Crippen molar-refractivity contribution in [3.05, 3.63) is 72.3 Å². The molecule has 2 aromatic carbocycles. The van der Waals surface area contributed by atoms with Gasteiger partial charge in [-0.3, -0.25) is 9.59 Å². The molecule has 0 spiro atoms. The highest BCUT2D eigenvalue weighted by Gasteiger charge is 2.38. The van der Waals surface area contributed by atoms with Crippen LogP contribution in [0.5, 0.6) is 5.75 Å². The van der Waals surface area contributed by atoms with E-state index in [9.17, 15) is 18.0 Å². The zero-order chi connectivity index (χ0) is 25.6. The lowest BCUT2D eigenvalue weighted by Gasteiger charge is -2.40. The van der Waals surface area contributed by atoms with Crippen molar-refractivity contribution in [2.24, 2.45) is 11.8 Å². The van der Waals surface area contributed by atoms with Crippen molar-refractivity contribution in [1.82, 2.24) is 14.9 Å². The van der Waals surface area contributed by atoms with Crippen LogP contribution in [0.25, 0.3) is 0 Å². The van der Waals surface area contributed by atoms with Crippen LogP contribution in [0.3, 0.4) is 0 Å². The Labute approximate surface area is 207 Å². The summed E-state index contributed by atoms with van der Waals surface area (Å²) in [5, 5.41) is 5.76. The lowest BCUT2D eigenvalue weighted by molar-refractivity contribution is -0.118. The number of methoxy groups -OCH3 is 1. The van der Waals surface area contributed by atoms with E-state index in [4.69, 9.17) is 4.74 Å². The van der Waals surface area contributed by atoms with E-state index in [0.29, 0.717) is 31.6 Å². The summed E-state index contributed by atoms with van der Waals surface area (Å²) >= 11 is 0. The summed E-state index contributed by atoms with van der Waals surface area (Å²) in [7, 11) is -2.13. The van der Waals surface area contributed by atoms with Gasteiger partial charge in [0.2, 0.25) is 15.9 Å². The van der Waals surface area contributed by atoms with E-state index < -0.39 is 10.0 Å². The summed E-state index contributed by atoms with van der Waals surface area (Å²) in [5.74, 6) is 0.107. The highest BCUT2D eigenvalue weighted by molar-refractivity contribution is 7.89. The number of nitrogens with zero attached hydrogens (tertiary/aromatic N) is 1. The van der Waals surface area contributed by atoms with Gasteiger partial charge in [0.15, 0.2) is 0 Å². The van der Waals surface area contributed by atoms with Gasteiger partial charge in [0.25, 0.3) is 5.91 Å². The van der Waals surface area contributed by atoms with Gasteiger partial charge in [0.05, 0.1) is 12.0 Å². The number of sulfonamides is 1. The molecule has 1 saturated heterocycles. The van der Waals surface area contributed by atoms with Gasteiger partial charge in [0, 0.05) is 31.2 Å². The van der Waals surface area contributed by atoms with Crippen molar-refractivity contribution in [2.75, 3.05) is 26.7 Å². The Morgan fingerprint density at radius 3 is 2.31 bits per heavy atom. The zero-order valence-electron chi connectivity index (χ0n) is 20.4. The third-order valence-corrected chi connectivity index (χ3v) is 8.18. The molecule has 35 heavy (non-hydrogen) atoms. The van der Waals surface area contributed by atoms with Crippen LogP contribution < -0.4 is 15.4 Å². The van der Waals surface area contributed by atoms with E-state index in [-0.39, 0.29) is 34.6 Å². The number of ether oxygens (including phenoxy) is 1. The zero-order valence-corrected chi connectivity index (χ0v) is 21.2. The summed E-state index contributed by atoms with van der Waals surface area (Å²) in [5.41, 5.74) is 1.38. The average molecular weight is 500 g/mol. The van der Waals surface area contributed by atoms with Crippen molar-refractivity contribution >= 4 is 21.8 Å². The lowest BCUT2D eigenvalue weighted by Crippen LogP contribution is -2.55. The standard InChI is InChI=1S/C26H33N3O5S/c1-5-24(30)28-25-18(2)16-29(17-19(25)3)35(32,33)22-12-10-21(11-13-22)26(31)27-15-14-20-8-6-7-9-23(20)34-4/h5-13,18-19,25H,1,14-17H2,2-4H3,(H,27,31)(H,28,30). The number of para-hydroxylation sites is 1. The molecule has 9 heteroatoms. The second kappa shape index (κ2) is 11.5. The molecule has 0 saturated carbocycles. The van der Waals surface area contributed by atoms with Gasteiger partial charge >= 0.3 is 0 Å². The fourth-order valence-corrected chi connectivity index (χ4v) is 6.10. The summed E-state index contributed by atoms with van der Waals surface area (Å²) < 4.78 is 33.3. The first-order chi connectivity index (χ1) is 16.7. The molecule has 0 bridgehead atoms. The maximum absolute atomic E-state index is 13.2. The van der Waals surface area contributed by atoms with Crippen LogP contribution in [-0.4, -0.2) is 57.3 Å². The Bertz CT molecular complexity index is 1150. The van der Waals surface area contributed by atoms with E-state index in [1.807, 2.05) is 38.1 Å². The fraction of sp³-hybridized carbons (Fsp3) is 0.385. The van der Waals surface area contributed by atoms with Crippen LogP contribution in [-0.2, 0) is 21.2 Å². The van der Waals surface area contributed by atoms with Gasteiger partial charge in [-0.15, -0.1) is 0 Å². The molecular formula is C26H33N3O5S. The third-order valence-electron chi connectivity index (χ3n) is 6.33. The number of nitrogens with one attached hydrogen (secondary N) is 2. The highest BCUT2D eigenvalue weighted by Crippen LogP contribution is 2.27. The van der Waals surface area contributed by atoms with Gasteiger partial charge in [-0.25, -0.2) is 8.42 Å². The quantitative estimate of drug-likeness (QED) is 0.516. The molecule has 2 unspecified atom stereocenters. The molecular weight excluding hydrogens is 466 g/mol. The molecule has 1 aliphatic heterocycles. The molecule has 0 radical (unpaired) electrons. The first-order valence-corrected chi connectivity index (χ1v) is 13.0. The molecule has 2 N–H and O–H groups in total. The highest BCUT2D eigenvalue weighted by atomic mass is 32.2. The average Bonchev–Trinajstić information content (AvgIpc) is 2.86. The number of hydrogen-bond acceptors (Lipinski definition) is 5. The number of rotatable bonds is 9. The second-order valence-electron chi connectivity index (χ2n) is 8.86. The molecule has 2 amide bonds. The minimum absolute atomic E-state index is 0.0642. The van der Waals surface area contributed by atoms with Gasteiger partial charge < -0.3 is 15.4 Å². The molecule has 0 aromatic heterocycles. The Balaban J connectivity index is 1.61. The van der Waals surface area contributed by atoms with Crippen LogP contribution in [0.4, 0.5) is 0 Å². The molecule has 1 heterocycles. The summed E-state index contributed by atoms with van der Waals surface area (Å²) in [6.45, 7) is 8.32. The Morgan fingerprint density at radius 1 is 1.09 bits per heavy atom. The van der Waals surface area contributed by atoms with Gasteiger partial charge in [-0.1, -0.05) is 38.6 Å². The summed E-state index contributed by atoms with van der Waals surface area (Å²) in [4.78, 5) is 24.4. The molecule has 3 rings (SSSR count).